The summed E-state index contributed by atoms with van der Waals surface area (Å²) in [6.45, 7) is 8.93. The molecule has 11 heteroatoms. The summed E-state index contributed by atoms with van der Waals surface area (Å²) in [4.78, 5) is 21.8. The first kappa shape index (κ1) is 26.9. The second-order valence-corrected chi connectivity index (χ2v) is 12.6. The first-order chi connectivity index (χ1) is 21.1. The van der Waals surface area contributed by atoms with E-state index in [9.17, 15) is 0 Å². The number of imidazole rings is 1. The number of fused-ring (bicyclic) bond motifs is 3. The van der Waals surface area contributed by atoms with Crippen LogP contribution in [-0.2, 0) is 30.8 Å². The van der Waals surface area contributed by atoms with Crippen LogP contribution in [0.2, 0.25) is 0 Å². The van der Waals surface area contributed by atoms with Gasteiger partial charge in [0.25, 0.3) is 0 Å². The van der Waals surface area contributed by atoms with Gasteiger partial charge in [-0.25, -0.2) is 9.67 Å². The lowest BCUT2D eigenvalue weighted by molar-refractivity contribution is -0.0366. The van der Waals surface area contributed by atoms with E-state index in [-0.39, 0.29) is 6.23 Å². The Bertz CT molecular complexity index is 1620. The average molecular weight is 584 g/mol. The van der Waals surface area contributed by atoms with E-state index in [1.54, 1.807) is 0 Å². The van der Waals surface area contributed by atoms with Gasteiger partial charge in [0, 0.05) is 49.4 Å². The molecule has 0 amide bonds. The lowest BCUT2D eigenvalue weighted by atomic mass is 10.0. The van der Waals surface area contributed by atoms with Gasteiger partial charge < -0.3 is 28.7 Å². The van der Waals surface area contributed by atoms with Crippen molar-refractivity contribution in [2.45, 2.75) is 77.4 Å². The van der Waals surface area contributed by atoms with Crippen molar-refractivity contribution in [3.8, 4) is 6.01 Å². The molecule has 0 N–H and O–H groups in total. The molecule has 4 aliphatic heterocycles. The van der Waals surface area contributed by atoms with Crippen molar-refractivity contribution < 1.29 is 9.47 Å². The van der Waals surface area contributed by atoms with Crippen LogP contribution in [0.5, 0.6) is 6.01 Å². The molecule has 1 aromatic carbocycles. The van der Waals surface area contributed by atoms with Gasteiger partial charge in [-0.05, 0) is 70.7 Å². The van der Waals surface area contributed by atoms with Crippen LogP contribution in [0.1, 0.15) is 60.8 Å². The maximum absolute atomic E-state index is 6.36. The Kier molecular flexibility index (Phi) is 6.94. The summed E-state index contributed by atoms with van der Waals surface area (Å²) >= 11 is 0. The Morgan fingerprint density at radius 2 is 1.93 bits per heavy atom. The molecule has 2 atom stereocenters. The summed E-state index contributed by atoms with van der Waals surface area (Å²) in [7, 11) is 2.18. The van der Waals surface area contributed by atoms with E-state index in [0.717, 1.165) is 82.0 Å². The molecule has 1 unspecified atom stereocenters. The van der Waals surface area contributed by atoms with Crippen molar-refractivity contribution in [2.24, 2.45) is 0 Å². The summed E-state index contributed by atoms with van der Waals surface area (Å²) in [6, 6.07) is 5.33. The fourth-order valence-electron chi connectivity index (χ4n) is 7.41. The molecular formula is C32H41N9O2. The number of aryl methyl sites for hydroxylation is 1. The van der Waals surface area contributed by atoms with Crippen LogP contribution in [0.3, 0.4) is 0 Å². The van der Waals surface area contributed by atoms with Crippen LogP contribution in [0.4, 0.5) is 11.5 Å². The molecule has 0 radical (unpaired) electrons. The third kappa shape index (κ3) is 4.92. The van der Waals surface area contributed by atoms with Crippen molar-refractivity contribution in [3.63, 3.8) is 0 Å². The van der Waals surface area contributed by atoms with Crippen molar-refractivity contribution in [3.05, 3.63) is 53.4 Å². The van der Waals surface area contributed by atoms with Crippen LogP contribution in [0.25, 0.3) is 10.9 Å². The molecule has 8 rings (SSSR count). The van der Waals surface area contributed by atoms with E-state index in [4.69, 9.17) is 24.5 Å². The fraction of sp³-hybridized carbons (Fsp3) is 0.562. The predicted molar refractivity (Wildman–Crippen MR) is 165 cm³/mol. The maximum Gasteiger partial charge on any atom is 0.318 e. The van der Waals surface area contributed by atoms with E-state index in [2.05, 4.69) is 55.0 Å². The van der Waals surface area contributed by atoms with E-state index < -0.39 is 0 Å². The lowest BCUT2D eigenvalue weighted by Gasteiger charge is -2.36. The minimum Gasteiger partial charge on any atom is -0.462 e. The number of anilines is 2. The zero-order valence-corrected chi connectivity index (χ0v) is 25.3. The first-order valence-electron chi connectivity index (χ1n) is 15.9. The first-order valence-corrected chi connectivity index (χ1v) is 15.9. The Balaban J connectivity index is 1.13. The number of hydrogen-bond donors (Lipinski definition) is 0. The number of likely N-dealkylation sites (N-methyl/N-ethyl adjacent to an activating group) is 1. The second kappa shape index (κ2) is 11.1. The molecule has 0 bridgehead atoms. The predicted octanol–water partition coefficient (Wildman–Crippen LogP) is 4.09. The Morgan fingerprint density at radius 1 is 0.977 bits per heavy atom. The summed E-state index contributed by atoms with van der Waals surface area (Å²) in [5.74, 6) is 1.02. The lowest BCUT2D eigenvalue weighted by Crippen LogP contribution is -2.38. The van der Waals surface area contributed by atoms with Crippen molar-refractivity contribution >= 4 is 22.4 Å². The largest absolute Gasteiger partial charge is 0.462 e. The Labute approximate surface area is 252 Å². The molecule has 4 aliphatic rings. The van der Waals surface area contributed by atoms with Gasteiger partial charge in [0.1, 0.15) is 12.4 Å². The number of benzene rings is 1. The third-order valence-corrected chi connectivity index (χ3v) is 9.86. The number of nitrogens with zero attached hydrogens (tertiary/aromatic N) is 9. The van der Waals surface area contributed by atoms with Gasteiger partial charge in [0.2, 0.25) is 0 Å². The van der Waals surface area contributed by atoms with Crippen molar-refractivity contribution in [1.82, 2.24) is 34.2 Å². The van der Waals surface area contributed by atoms with Crippen LogP contribution in [0.15, 0.2) is 30.9 Å². The molecule has 0 saturated carbocycles. The fourth-order valence-corrected chi connectivity index (χ4v) is 7.41. The van der Waals surface area contributed by atoms with E-state index >= 15 is 0 Å². The quantitative estimate of drug-likeness (QED) is 0.333. The molecule has 7 heterocycles. The Morgan fingerprint density at radius 3 is 2.79 bits per heavy atom. The van der Waals surface area contributed by atoms with Gasteiger partial charge in [-0.15, -0.1) is 0 Å². The summed E-state index contributed by atoms with van der Waals surface area (Å²) in [5, 5.41) is 6.01. The van der Waals surface area contributed by atoms with Crippen LogP contribution < -0.4 is 14.5 Å². The smallest absolute Gasteiger partial charge is 0.318 e. The van der Waals surface area contributed by atoms with Gasteiger partial charge in [-0.3, -0.25) is 0 Å². The maximum atomic E-state index is 6.36. The SMILES string of the molecule is Cc1ccc2c(cnn2C2CCCCO2)c1N1CCc2c(nc(OC[C@@H]3CCCN3C)nc2N2CCn3cncc3C2)C1. The number of rotatable bonds is 6. The van der Waals surface area contributed by atoms with Crippen LogP contribution >= 0.6 is 0 Å². The minimum absolute atomic E-state index is 0.0126. The van der Waals surface area contributed by atoms with Gasteiger partial charge in [0.05, 0.1) is 48.2 Å². The van der Waals surface area contributed by atoms with Gasteiger partial charge in [-0.1, -0.05) is 6.07 Å². The zero-order valence-electron chi connectivity index (χ0n) is 25.3. The normalized spacial score (nSPS) is 22.7. The average Bonchev–Trinajstić information content (AvgIpc) is 3.79. The molecular weight excluding hydrogens is 542 g/mol. The van der Waals surface area contributed by atoms with Crippen LogP contribution in [0, 0.1) is 6.92 Å². The zero-order chi connectivity index (χ0) is 28.9. The highest BCUT2D eigenvalue weighted by molar-refractivity contribution is 5.94. The molecule has 0 spiro atoms. The molecule has 2 saturated heterocycles. The number of likely N-dealkylation sites (tertiary alicyclic amines) is 1. The molecule has 11 nitrogen and oxygen atoms in total. The highest BCUT2D eigenvalue weighted by Crippen LogP contribution is 2.38. The van der Waals surface area contributed by atoms with Gasteiger partial charge in [0.15, 0.2) is 6.23 Å². The van der Waals surface area contributed by atoms with Crippen LogP contribution in [-0.4, -0.2) is 80.1 Å². The molecule has 0 aliphatic carbocycles. The van der Waals surface area contributed by atoms with Gasteiger partial charge >= 0.3 is 6.01 Å². The van der Waals surface area contributed by atoms with Gasteiger partial charge in [-0.2, -0.15) is 15.1 Å². The number of hydrogen-bond acceptors (Lipinski definition) is 9. The topological polar surface area (TPSA) is 89.6 Å². The highest BCUT2D eigenvalue weighted by atomic mass is 16.5. The monoisotopic (exact) mass is 583 g/mol. The highest BCUT2D eigenvalue weighted by Gasteiger charge is 2.30. The Hall–Kier alpha value is -3.70. The standard InChI is InChI=1S/C32H41N9O2/c1-22-8-9-28-26(17-34-41(28)29-7-3-4-15-42-29)30(22)38-12-10-25-27(19-38)35-32(43-20-23-6-5-11-37(23)2)36-31(25)39-13-14-40-21-33-16-24(40)18-39/h8-9,16-17,21,23,29H,3-7,10-15,18-20H2,1-2H3/t23-,29?/m0/s1. The number of ether oxygens (including phenoxy) is 2. The summed E-state index contributed by atoms with van der Waals surface area (Å²) in [5.41, 5.74) is 7.14. The second-order valence-electron chi connectivity index (χ2n) is 12.6. The summed E-state index contributed by atoms with van der Waals surface area (Å²) < 4.78 is 16.8. The molecule has 226 valence electrons. The molecule has 43 heavy (non-hydrogen) atoms. The summed E-state index contributed by atoms with van der Waals surface area (Å²) in [6.07, 6.45) is 12.5. The third-order valence-electron chi connectivity index (χ3n) is 9.86. The van der Waals surface area contributed by atoms with E-state index in [1.807, 2.05) is 18.7 Å². The van der Waals surface area contributed by atoms with Crippen molar-refractivity contribution in [2.75, 3.05) is 49.7 Å². The van der Waals surface area contributed by atoms with E-state index in [1.165, 1.54) is 40.7 Å². The molecule has 3 aromatic heterocycles. The molecule has 4 aromatic rings. The van der Waals surface area contributed by atoms with Crippen molar-refractivity contribution in [1.29, 1.82) is 0 Å². The molecule has 2 fully saturated rings. The minimum atomic E-state index is 0.0126. The number of aromatic nitrogens is 6. The van der Waals surface area contributed by atoms with E-state index in [0.29, 0.717) is 25.2 Å².